The number of hydrogen-bond donors (Lipinski definition) is 0. The van der Waals surface area contributed by atoms with Crippen LogP contribution < -0.4 is 0 Å². The predicted octanol–water partition coefficient (Wildman–Crippen LogP) is 1.68. The monoisotopic (exact) mass is 248 g/mol. The van der Waals surface area contributed by atoms with Crippen LogP contribution >= 0.6 is 0 Å². The van der Waals surface area contributed by atoms with Gasteiger partial charge in [0.2, 0.25) is 0 Å². The lowest BCUT2D eigenvalue weighted by Gasteiger charge is -2.31. The van der Waals surface area contributed by atoms with E-state index in [1.54, 1.807) is 12.4 Å². The molecule has 0 aliphatic carbocycles. The molecule has 1 aromatic rings. The standard InChI is InChI=1S/C14H20N2O2/c1-3-4-16-5-6-18-13(10-16)14(17)12-7-11(2)8-15-9-12/h7-9,13H,3-6,10H2,1-2H3. The highest BCUT2D eigenvalue weighted by molar-refractivity contribution is 5.99. The summed E-state index contributed by atoms with van der Waals surface area (Å²) in [5.74, 6) is 0.0482. The van der Waals surface area contributed by atoms with E-state index in [2.05, 4.69) is 16.8 Å². The van der Waals surface area contributed by atoms with E-state index in [0.717, 1.165) is 25.1 Å². The van der Waals surface area contributed by atoms with Crippen molar-refractivity contribution >= 4 is 5.78 Å². The van der Waals surface area contributed by atoms with Crippen molar-refractivity contribution in [2.75, 3.05) is 26.2 Å². The highest BCUT2D eigenvalue weighted by Crippen LogP contribution is 2.12. The van der Waals surface area contributed by atoms with Gasteiger partial charge in [-0.2, -0.15) is 0 Å². The summed E-state index contributed by atoms with van der Waals surface area (Å²) in [5, 5.41) is 0. The van der Waals surface area contributed by atoms with E-state index in [1.807, 2.05) is 13.0 Å². The fourth-order valence-corrected chi connectivity index (χ4v) is 2.26. The van der Waals surface area contributed by atoms with Crippen molar-refractivity contribution in [1.29, 1.82) is 0 Å². The first kappa shape index (κ1) is 13.2. The largest absolute Gasteiger partial charge is 0.367 e. The normalized spacial score (nSPS) is 20.9. The summed E-state index contributed by atoms with van der Waals surface area (Å²) in [6.45, 7) is 7.37. The molecule has 0 bridgehead atoms. The molecule has 4 heteroatoms. The maximum absolute atomic E-state index is 12.3. The Morgan fingerprint density at radius 2 is 2.39 bits per heavy atom. The SMILES string of the molecule is CCCN1CCOC(C(=O)c2cncc(C)c2)C1. The van der Waals surface area contributed by atoms with E-state index in [9.17, 15) is 4.79 Å². The highest BCUT2D eigenvalue weighted by atomic mass is 16.5. The van der Waals surface area contributed by atoms with Crippen molar-refractivity contribution in [2.24, 2.45) is 0 Å². The predicted molar refractivity (Wildman–Crippen MR) is 69.8 cm³/mol. The van der Waals surface area contributed by atoms with E-state index < -0.39 is 0 Å². The Labute approximate surface area is 108 Å². The van der Waals surface area contributed by atoms with Gasteiger partial charge in [0.05, 0.1) is 6.61 Å². The summed E-state index contributed by atoms with van der Waals surface area (Å²) in [6, 6.07) is 1.87. The molecule has 0 amide bonds. The summed E-state index contributed by atoms with van der Waals surface area (Å²) in [4.78, 5) is 18.7. The van der Waals surface area contributed by atoms with E-state index in [-0.39, 0.29) is 11.9 Å². The van der Waals surface area contributed by atoms with Gasteiger partial charge in [-0.25, -0.2) is 0 Å². The third-order valence-corrected chi connectivity index (χ3v) is 3.14. The third kappa shape index (κ3) is 3.15. The maximum Gasteiger partial charge on any atom is 0.194 e. The zero-order valence-electron chi connectivity index (χ0n) is 11.1. The minimum atomic E-state index is -0.339. The average molecular weight is 248 g/mol. The molecule has 0 saturated carbocycles. The average Bonchev–Trinajstić information content (AvgIpc) is 2.39. The van der Waals surface area contributed by atoms with Crippen LogP contribution in [0.2, 0.25) is 0 Å². The molecule has 1 fully saturated rings. The second kappa shape index (κ2) is 6.07. The fraction of sp³-hybridized carbons (Fsp3) is 0.571. The lowest BCUT2D eigenvalue weighted by Crippen LogP contribution is -2.46. The summed E-state index contributed by atoms with van der Waals surface area (Å²) in [6.07, 6.45) is 4.14. The number of carbonyl (C=O) groups excluding carboxylic acids is 1. The summed E-state index contributed by atoms with van der Waals surface area (Å²) < 4.78 is 5.59. The number of ether oxygens (including phenoxy) is 1. The molecule has 98 valence electrons. The maximum atomic E-state index is 12.3. The lowest BCUT2D eigenvalue weighted by atomic mass is 10.1. The number of rotatable bonds is 4. The van der Waals surface area contributed by atoms with Crippen LogP contribution in [0.4, 0.5) is 0 Å². The van der Waals surface area contributed by atoms with Gasteiger partial charge in [0.25, 0.3) is 0 Å². The Bertz CT molecular complexity index is 418. The molecule has 2 rings (SSSR count). The molecule has 1 aliphatic heterocycles. The quantitative estimate of drug-likeness (QED) is 0.760. The molecule has 0 N–H and O–H groups in total. The molecular formula is C14H20N2O2. The van der Waals surface area contributed by atoms with Gasteiger partial charge in [-0.15, -0.1) is 0 Å². The molecule has 0 aromatic carbocycles. The van der Waals surface area contributed by atoms with Gasteiger partial charge in [0.15, 0.2) is 5.78 Å². The van der Waals surface area contributed by atoms with Crippen molar-refractivity contribution in [3.05, 3.63) is 29.6 Å². The number of carbonyl (C=O) groups is 1. The Balaban J connectivity index is 2.04. The first-order valence-corrected chi connectivity index (χ1v) is 6.50. The second-order valence-electron chi connectivity index (χ2n) is 4.78. The van der Waals surface area contributed by atoms with E-state index >= 15 is 0 Å². The number of pyridine rings is 1. The van der Waals surface area contributed by atoms with Crippen LogP contribution in [0.5, 0.6) is 0 Å². The number of nitrogens with zero attached hydrogens (tertiary/aromatic N) is 2. The van der Waals surface area contributed by atoms with Gasteiger partial charge in [-0.3, -0.25) is 14.7 Å². The van der Waals surface area contributed by atoms with Gasteiger partial charge < -0.3 is 4.74 Å². The zero-order valence-corrected chi connectivity index (χ0v) is 11.1. The van der Waals surface area contributed by atoms with Crippen LogP contribution in [-0.2, 0) is 4.74 Å². The second-order valence-corrected chi connectivity index (χ2v) is 4.78. The van der Waals surface area contributed by atoms with Gasteiger partial charge in [0, 0.05) is 31.0 Å². The number of aryl methyl sites for hydroxylation is 1. The highest BCUT2D eigenvalue weighted by Gasteiger charge is 2.27. The number of morpholine rings is 1. The van der Waals surface area contributed by atoms with Crippen LogP contribution in [0.3, 0.4) is 0 Å². The van der Waals surface area contributed by atoms with Gasteiger partial charge in [0.1, 0.15) is 6.10 Å². The van der Waals surface area contributed by atoms with Crippen molar-refractivity contribution in [2.45, 2.75) is 26.4 Å². The molecule has 1 saturated heterocycles. The number of aromatic nitrogens is 1. The Kier molecular flexibility index (Phi) is 4.44. The van der Waals surface area contributed by atoms with Gasteiger partial charge in [-0.05, 0) is 31.5 Å². The van der Waals surface area contributed by atoms with Crippen LogP contribution in [0.25, 0.3) is 0 Å². The molecule has 1 atom stereocenters. The number of Topliss-reactive ketones (excluding diaryl/α,β-unsaturated/α-hetero) is 1. The van der Waals surface area contributed by atoms with Crippen molar-refractivity contribution in [3.8, 4) is 0 Å². The van der Waals surface area contributed by atoms with Crippen molar-refractivity contribution in [1.82, 2.24) is 9.88 Å². The topological polar surface area (TPSA) is 42.4 Å². The molecule has 1 unspecified atom stereocenters. The summed E-state index contributed by atoms with van der Waals surface area (Å²) in [7, 11) is 0. The minimum Gasteiger partial charge on any atom is -0.367 e. The molecule has 0 radical (unpaired) electrons. The molecule has 2 heterocycles. The molecular weight excluding hydrogens is 228 g/mol. The summed E-state index contributed by atoms with van der Waals surface area (Å²) >= 11 is 0. The van der Waals surface area contributed by atoms with Gasteiger partial charge in [-0.1, -0.05) is 6.92 Å². The van der Waals surface area contributed by atoms with Gasteiger partial charge >= 0.3 is 0 Å². The van der Waals surface area contributed by atoms with Crippen LogP contribution in [-0.4, -0.2) is 48.0 Å². The Hall–Kier alpha value is -1.26. The summed E-state index contributed by atoms with van der Waals surface area (Å²) in [5.41, 5.74) is 1.65. The van der Waals surface area contributed by atoms with E-state index in [1.165, 1.54) is 0 Å². The van der Waals surface area contributed by atoms with Crippen molar-refractivity contribution in [3.63, 3.8) is 0 Å². The number of ketones is 1. The smallest absolute Gasteiger partial charge is 0.194 e. The Morgan fingerprint density at radius 1 is 1.56 bits per heavy atom. The number of hydrogen-bond acceptors (Lipinski definition) is 4. The van der Waals surface area contributed by atoms with E-state index in [0.29, 0.717) is 18.7 Å². The van der Waals surface area contributed by atoms with Crippen LogP contribution in [0, 0.1) is 6.92 Å². The molecule has 1 aromatic heterocycles. The van der Waals surface area contributed by atoms with E-state index in [4.69, 9.17) is 4.74 Å². The first-order valence-electron chi connectivity index (χ1n) is 6.50. The third-order valence-electron chi connectivity index (χ3n) is 3.14. The van der Waals surface area contributed by atoms with Crippen LogP contribution in [0.1, 0.15) is 29.3 Å². The lowest BCUT2D eigenvalue weighted by molar-refractivity contribution is -0.0163. The fourth-order valence-electron chi connectivity index (χ4n) is 2.26. The van der Waals surface area contributed by atoms with Crippen molar-refractivity contribution < 1.29 is 9.53 Å². The first-order chi connectivity index (χ1) is 8.70. The Morgan fingerprint density at radius 3 is 3.11 bits per heavy atom. The molecule has 18 heavy (non-hydrogen) atoms. The molecule has 1 aliphatic rings. The molecule has 4 nitrogen and oxygen atoms in total. The molecule has 0 spiro atoms. The minimum absolute atomic E-state index is 0.0482. The zero-order chi connectivity index (χ0) is 13.0. The van der Waals surface area contributed by atoms with Crippen LogP contribution in [0.15, 0.2) is 18.5 Å².